The molecule has 2 rings (SSSR count). The van der Waals surface area contributed by atoms with Crippen LogP contribution in [0.5, 0.6) is 0 Å². The van der Waals surface area contributed by atoms with Crippen molar-refractivity contribution in [2.45, 2.75) is 12.1 Å². The zero-order chi connectivity index (χ0) is 16.5. The number of aliphatic carboxylic acids is 1. The van der Waals surface area contributed by atoms with Crippen LogP contribution >= 0.6 is 0 Å². The molecule has 0 spiro atoms. The van der Waals surface area contributed by atoms with Gasteiger partial charge in [-0.2, -0.15) is 0 Å². The second-order valence-corrected chi connectivity index (χ2v) is 6.25. The largest absolute Gasteiger partial charge is 0.481 e. The molecule has 3 N–H and O–H groups in total. The van der Waals surface area contributed by atoms with Crippen LogP contribution in [0.3, 0.4) is 0 Å². The highest BCUT2D eigenvalue weighted by atomic mass is 32.2. The number of benzene rings is 1. The topological polar surface area (TPSA) is 155 Å². The number of fused-ring (bicyclic) bond motifs is 1. The van der Waals surface area contributed by atoms with Gasteiger partial charge in [-0.25, -0.2) is 18.1 Å². The van der Waals surface area contributed by atoms with Crippen molar-refractivity contribution in [1.82, 2.24) is 14.7 Å². The minimum absolute atomic E-state index is 0.0841. The molecule has 118 valence electrons. The standard InChI is InChI=1S/C11H12N4O6S/c1-6(10(16)17)5-12-22(20,21)11-13-7-3-2-4-8(15(18)19)9(7)14-11/h2-4,6,12H,5H2,1H3,(H,13,14)(H,16,17). The van der Waals surface area contributed by atoms with Crippen molar-refractivity contribution in [2.75, 3.05) is 6.54 Å². The van der Waals surface area contributed by atoms with E-state index in [0.29, 0.717) is 0 Å². The molecule has 0 saturated heterocycles. The number of sulfonamides is 1. The van der Waals surface area contributed by atoms with E-state index in [4.69, 9.17) is 5.11 Å². The molecule has 22 heavy (non-hydrogen) atoms. The van der Waals surface area contributed by atoms with E-state index in [-0.39, 0.29) is 23.3 Å². The number of hydrogen-bond acceptors (Lipinski definition) is 6. The van der Waals surface area contributed by atoms with Crippen LogP contribution in [0.1, 0.15) is 6.92 Å². The van der Waals surface area contributed by atoms with Crippen LogP contribution in [0.4, 0.5) is 5.69 Å². The molecule has 0 fully saturated rings. The Morgan fingerprint density at radius 1 is 1.55 bits per heavy atom. The Bertz CT molecular complexity index is 843. The summed E-state index contributed by atoms with van der Waals surface area (Å²) in [6.45, 7) is 1.02. The number of nitrogens with zero attached hydrogens (tertiary/aromatic N) is 2. The number of rotatable bonds is 6. The lowest BCUT2D eigenvalue weighted by molar-refractivity contribution is -0.383. The fourth-order valence-corrected chi connectivity index (χ4v) is 2.72. The third kappa shape index (κ3) is 3.04. The second-order valence-electron chi connectivity index (χ2n) is 4.56. The molecule has 10 nitrogen and oxygen atoms in total. The maximum absolute atomic E-state index is 12.0. The average molecular weight is 328 g/mol. The lowest BCUT2D eigenvalue weighted by atomic mass is 10.2. The molecular formula is C11H12N4O6S. The molecule has 1 unspecified atom stereocenters. The highest BCUT2D eigenvalue weighted by Crippen LogP contribution is 2.24. The first-order chi connectivity index (χ1) is 10.2. The quantitative estimate of drug-likeness (QED) is 0.514. The molecule has 0 radical (unpaired) electrons. The Hall–Kier alpha value is -2.53. The predicted octanol–water partition coefficient (Wildman–Crippen LogP) is 0.470. The molecule has 0 aliphatic rings. The maximum atomic E-state index is 12.0. The summed E-state index contributed by atoms with van der Waals surface area (Å²) in [4.78, 5) is 27.1. The van der Waals surface area contributed by atoms with Gasteiger partial charge in [0.25, 0.3) is 15.7 Å². The zero-order valence-corrected chi connectivity index (χ0v) is 12.1. The van der Waals surface area contributed by atoms with Gasteiger partial charge in [0.15, 0.2) is 5.52 Å². The number of carboxylic acid groups (broad SMARTS) is 1. The summed E-state index contributed by atoms with van der Waals surface area (Å²) >= 11 is 0. The first-order valence-corrected chi connectivity index (χ1v) is 7.56. The number of nitro benzene ring substituents is 1. The van der Waals surface area contributed by atoms with Gasteiger partial charge < -0.3 is 10.1 Å². The molecule has 1 aromatic carbocycles. The Kier molecular flexibility index (Phi) is 4.10. The number of carboxylic acids is 1. The number of hydrogen-bond donors (Lipinski definition) is 3. The summed E-state index contributed by atoms with van der Waals surface area (Å²) < 4.78 is 26.2. The molecule has 0 saturated carbocycles. The van der Waals surface area contributed by atoms with E-state index in [1.165, 1.54) is 25.1 Å². The van der Waals surface area contributed by atoms with Crippen molar-refractivity contribution in [3.05, 3.63) is 28.3 Å². The summed E-state index contributed by atoms with van der Waals surface area (Å²) in [6.07, 6.45) is 0. The number of para-hydroxylation sites is 1. The van der Waals surface area contributed by atoms with Gasteiger partial charge in [0.1, 0.15) is 0 Å². The van der Waals surface area contributed by atoms with E-state index in [1.807, 2.05) is 0 Å². The van der Waals surface area contributed by atoms with Gasteiger partial charge in [-0.3, -0.25) is 14.9 Å². The molecule has 2 aromatic rings. The SMILES string of the molecule is CC(CNS(=O)(=O)c1nc2c([N+](=O)[O-])cccc2[nH]1)C(=O)O. The third-order valence-electron chi connectivity index (χ3n) is 2.92. The molecule has 11 heteroatoms. The van der Waals surface area contributed by atoms with E-state index < -0.39 is 32.0 Å². The maximum Gasteiger partial charge on any atom is 0.307 e. The van der Waals surface area contributed by atoms with Gasteiger partial charge in [0, 0.05) is 12.6 Å². The van der Waals surface area contributed by atoms with Crippen molar-refractivity contribution in [1.29, 1.82) is 0 Å². The van der Waals surface area contributed by atoms with Crippen LogP contribution in [0.25, 0.3) is 11.0 Å². The summed E-state index contributed by atoms with van der Waals surface area (Å²) in [6, 6.07) is 4.06. The third-order valence-corrected chi connectivity index (χ3v) is 4.17. The summed E-state index contributed by atoms with van der Waals surface area (Å²) in [5, 5.41) is 19.1. The first kappa shape index (κ1) is 15.9. The van der Waals surface area contributed by atoms with Gasteiger partial charge in [0.2, 0.25) is 5.16 Å². The molecule has 0 bridgehead atoms. The fourth-order valence-electron chi connectivity index (χ4n) is 1.66. The number of aromatic amines is 1. The minimum atomic E-state index is -4.10. The van der Waals surface area contributed by atoms with Crippen LogP contribution in [-0.2, 0) is 14.8 Å². The molecule has 0 amide bonds. The van der Waals surface area contributed by atoms with Gasteiger partial charge >= 0.3 is 5.97 Å². The zero-order valence-electron chi connectivity index (χ0n) is 11.3. The van der Waals surface area contributed by atoms with Crippen molar-refractivity contribution >= 4 is 32.7 Å². The van der Waals surface area contributed by atoms with Crippen molar-refractivity contribution < 1.29 is 23.2 Å². The smallest absolute Gasteiger partial charge is 0.307 e. The van der Waals surface area contributed by atoms with Crippen LogP contribution in [0.2, 0.25) is 0 Å². The van der Waals surface area contributed by atoms with Gasteiger partial charge in [0.05, 0.1) is 16.4 Å². The van der Waals surface area contributed by atoms with Crippen LogP contribution in [-0.4, -0.2) is 40.9 Å². The number of aromatic nitrogens is 2. The molecule has 0 aliphatic heterocycles. The average Bonchev–Trinajstić information content (AvgIpc) is 2.89. The highest BCUT2D eigenvalue weighted by Gasteiger charge is 2.24. The number of imidazole rings is 1. The van der Waals surface area contributed by atoms with Crippen LogP contribution in [0, 0.1) is 16.0 Å². The van der Waals surface area contributed by atoms with Gasteiger partial charge in [-0.15, -0.1) is 0 Å². The predicted molar refractivity (Wildman–Crippen MR) is 74.7 cm³/mol. The second kappa shape index (κ2) is 5.69. The van der Waals surface area contributed by atoms with E-state index in [0.717, 1.165) is 0 Å². The number of H-pyrrole nitrogens is 1. The van der Waals surface area contributed by atoms with Crippen molar-refractivity contribution in [2.24, 2.45) is 5.92 Å². The summed E-state index contributed by atoms with van der Waals surface area (Å²) in [5.41, 5.74) is -0.214. The Balaban J connectivity index is 2.36. The normalized spacial score (nSPS) is 13.1. The van der Waals surface area contributed by atoms with Crippen LogP contribution in [0.15, 0.2) is 23.4 Å². The number of non-ortho nitro benzene ring substituents is 1. The van der Waals surface area contributed by atoms with E-state index in [2.05, 4.69) is 14.7 Å². The van der Waals surface area contributed by atoms with Crippen molar-refractivity contribution in [3.8, 4) is 0 Å². The molecule has 1 aromatic heterocycles. The summed E-state index contributed by atoms with van der Waals surface area (Å²) in [7, 11) is -4.10. The Morgan fingerprint density at radius 3 is 2.82 bits per heavy atom. The number of nitrogens with one attached hydrogen (secondary N) is 2. The monoisotopic (exact) mass is 328 g/mol. The highest BCUT2D eigenvalue weighted by molar-refractivity contribution is 7.89. The van der Waals surface area contributed by atoms with Crippen molar-refractivity contribution in [3.63, 3.8) is 0 Å². The summed E-state index contributed by atoms with van der Waals surface area (Å²) in [5.74, 6) is -2.07. The van der Waals surface area contributed by atoms with Crippen LogP contribution < -0.4 is 4.72 Å². The molecule has 0 aliphatic carbocycles. The van der Waals surface area contributed by atoms with Gasteiger partial charge in [-0.1, -0.05) is 13.0 Å². The Morgan fingerprint density at radius 2 is 2.23 bits per heavy atom. The molecular weight excluding hydrogens is 316 g/mol. The Labute approximate surface area is 124 Å². The number of nitro groups is 1. The minimum Gasteiger partial charge on any atom is -0.481 e. The van der Waals surface area contributed by atoms with E-state index in [1.54, 1.807) is 0 Å². The lowest BCUT2D eigenvalue weighted by Crippen LogP contribution is -2.32. The molecule has 1 heterocycles. The fraction of sp³-hybridized carbons (Fsp3) is 0.273. The van der Waals surface area contributed by atoms with E-state index >= 15 is 0 Å². The van der Waals surface area contributed by atoms with Gasteiger partial charge in [-0.05, 0) is 6.07 Å². The molecule has 1 atom stereocenters. The first-order valence-electron chi connectivity index (χ1n) is 6.08. The lowest BCUT2D eigenvalue weighted by Gasteiger charge is -2.07. The van der Waals surface area contributed by atoms with E-state index in [9.17, 15) is 23.3 Å². The number of carbonyl (C=O) groups is 1.